The Morgan fingerprint density at radius 1 is 1.35 bits per heavy atom. The first-order valence-electron chi connectivity index (χ1n) is 5.20. The molecule has 96 valence electrons. The Bertz CT molecular complexity index is 305. The van der Waals surface area contributed by atoms with Gasteiger partial charge in [0.2, 0.25) is 0 Å². The van der Waals surface area contributed by atoms with Crippen molar-refractivity contribution in [3.63, 3.8) is 0 Å². The number of ether oxygens (including phenoxy) is 1. The van der Waals surface area contributed by atoms with Crippen LogP contribution in [0.5, 0.6) is 0 Å². The van der Waals surface area contributed by atoms with Crippen LogP contribution in [0.25, 0.3) is 0 Å². The normalized spacial score (nSPS) is 11.7. The summed E-state index contributed by atoms with van der Waals surface area (Å²) in [5, 5.41) is 10.6. The molecule has 0 saturated heterocycles. The lowest BCUT2D eigenvalue weighted by molar-refractivity contribution is -0.173. The van der Waals surface area contributed by atoms with Crippen LogP contribution in [0.1, 0.15) is 12.1 Å². The van der Waals surface area contributed by atoms with Crippen LogP contribution in [-0.4, -0.2) is 36.1 Å². The number of aromatic nitrogens is 2. The largest absolute Gasteiger partial charge is 0.411 e. The molecule has 0 aliphatic heterocycles. The van der Waals surface area contributed by atoms with Crippen molar-refractivity contribution in [3.8, 4) is 0 Å². The van der Waals surface area contributed by atoms with E-state index in [1.165, 1.54) is 0 Å². The zero-order valence-corrected chi connectivity index (χ0v) is 9.20. The van der Waals surface area contributed by atoms with Crippen molar-refractivity contribution in [3.05, 3.63) is 24.0 Å². The molecule has 0 amide bonds. The number of alkyl halides is 3. The van der Waals surface area contributed by atoms with Crippen LogP contribution in [0.15, 0.2) is 18.3 Å². The summed E-state index contributed by atoms with van der Waals surface area (Å²) in [6, 6.07) is 3.59. The van der Waals surface area contributed by atoms with Crippen molar-refractivity contribution >= 4 is 0 Å². The third-order valence-corrected chi connectivity index (χ3v) is 1.84. The highest BCUT2D eigenvalue weighted by molar-refractivity contribution is 4.98. The summed E-state index contributed by atoms with van der Waals surface area (Å²) in [5.74, 6) is 0. The molecule has 0 radical (unpaired) electrons. The molecule has 1 aromatic heterocycles. The van der Waals surface area contributed by atoms with Gasteiger partial charge in [0, 0.05) is 19.3 Å². The fraction of sp³-hybridized carbons (Fsp3) is 0.600. The highest BCUT2D eigenvalue weighted by Crippen LogP contribution is 2.14. The topological polar surface area (TPSA) is 47.0 Å². The lowest BCUT2D eigenvalue weighted by atomic mass is 10.3. The third-order valence-electron chi connectivity index (χ3n) is 1.84. The molecule has 0 atom stereocenters. The molecule has 1 aromatic rings. The molecule has 7 heteroatoms. The minimum Gasteiger partial charge on any atom is -0.372 e. The van der Waals surface area contributed by atoms with E-state index in [1.54, 1.807) is 12.3 Å². The zero-order valence-electron chi connectivity index (χ0n) is 9.20. The average molecular weight is 249 g/mol. The van der Waals surface area contributed by atoms with E-state index in [9.17, 15) is 13.2 Å². The molecule has 0 saturated carbocycles. The van der Waals surface area contributed by atoms with Gasteiger partial charge in [-0.15, -0.1) is 0 Å². The molecule has 1 N–H and O–H groups in total. The maximum atomic E-state index is 11.7. The van der Waals surface area contributed by atoms with Crippen LogP contribution in [-0.2, 0) is 11.3 Å². The van der Waals surface area contributed by atoms with Crippen molar-refractivity contribution in [2.45, 2.75) is 19.1 Å². The van der Waals surface area contributed by atoms with E-state index in [4.69, 9.17) is 0 Å². The molecular formula is C10H14F3N3O. The summed E-state index contributed by atoms with van der Waals surface area (Å²) in [4.78, 5) is 0. The summed E-state index contributed by atoms with van der Waals surface area (Å²) in [6.45, 7) is 0.0334. The standard InChI is InChI=1S/C10H14F3N3O/c11-10(12,13)8-17-6-2-4-14-7-9-3-1-5-15-16-9/h1,3,5,14H,2,4,6-8H2. The van der Waals surface area contributed by atoms with E-state index in [0.717, 1.165) is 5.69 Å². The maximum Gasteiger partial charge on any atom is 0.411 e. The van der Waals surface area contributed by atoms with Gasteiger partial charge in [-0.05, 0) is 25.1 Å². The minimum absolute atomic E-state index is 0.0903. The van der Waals surface area contributed by atoms with Crippen molar-refractivity contribution in [1.29, 1.82) is 0 Å². The van der Waals surface area contributed by atoms with Gasteiger partial charge >= 0.3 is 6.18 Å². The highest BCUT2D eigenvalue weighted by atomic mass is 19.4. The Morgan fingerprint density at radius 2 is 2.18 bits per heavy atom. The molecule has 0 aromatic carbocycles. The molecule has 0 unspecified atom stereocenters. The van der Waals surface area contributed by atoms with E-state index < -0.39 is 12.8 Å². The quantitative estimate of drug-likeness (QED) is 0.744. The fourth-order valence-corrected chi connectivity index (χ4v) is 1.13. The molecule has 0 bridgehead atoms. The van der Waals surface area contributed by atoms with Crippen molar-refractivity contribution in [2.75, 3.05) is 19.8 Å². The molecule has 4 nitrogen and oxygen atoms in total. The Hall–Kier alpha value is -1.21. The zero-order chi connectivity index (χ0) is 12.6. The lowest BCUT2D eigenvalue weighted by Crippen LogP contribution is -2.20. The monoisotopic (exact) mass is 249 g/mol. The van der Waals surface area contributed by atoms with Crippen LogP contribution >= 0.6 is 0 Å². The molecule has 1 heterocycles. The summed E-state index contributed by atoms with van der Waals surface area (Å²) < 4.78 is 39.5. The van der Waals surface area contributed by atoms with Gasteiger partial charge < -0.3 is 10.1 Å². The van der Waals surface area contributed by atoms with Crippen molar-refractivity contribution in [2.24, 2.45) is 0 Å². The van der Waals surface area contributed by atoms with E-state index >= 15 is 0 Å². The first-order chi connectivity index (χ1) is 8.08. The third kappa shape index (κ3) is 7.64. The molecule has 0 spiro atoms. The first-order valence-corrected chi connectivity index (χ1v) is 5.20. The Balaban J connectivity index is 1.95. The predicted molar refractivity (Wildman–Crippen MR) is 55.2 cm³/mol. The van der Waals surface area contributed by atoms with Gasteiger partial charge in [0.15, 0.2) is 0 Å². The Morgan fingerprint density at radius 3 is 2.82 bits per heavy atom. The highest BCUT2D eigenvalue weighted by Gasteiger charge is 2.27. The smallest absolute Gasteiger partial charge is 0.372 e. The second-order valence-electron chi connectivity index (χ2n) is 3.41. The number of hydrogen-bond donors (Lipinski definition) is 1. The number of nitrogens with one attached hydrogen (secondary N) is 1. The van der Waals surface area contributed by atoms with Crippen LogP contribution in [0.3, 0.4) is 0 Å². The summed E-state index contributed by atoms with van der Waals surface area (Å²) >= 11 is 0. The van der Waals surface area contributed by atoms with E-state index in [-0.39, 0.29) is 6.61 Å². The van der Waals surface area contributed by atoms with Crippen molar-refractivity contribution in [1.82, 2.24) is 15.5 Å². The maximum absolute atomic E-state index is 11.7. The van der Waals surface area contributed by atoms with Crippen LogP contribution < -0.4 is 5.32 Å². The number of rotatable bonds is 7. The van der Waals surface area contributed by atoms with Gasteiger partial charge in [0.1, 0.15) is 6.61 Å². The Kier molecular flexibility index (Phi) is 5.85. The van der Waals surface area contributed by atoms with E-state index in [2.05, 4.69) is 20.3 Å². The second kappa shape index (κ2) is 7.18. The van der Waals surface area contributed by atoms with Gasteiger partial charge in [-0.1, -0.05) is 0 Å². The summed E-state index contributed by atoms with van der Waals surface area (Å²) in [7, 11) is 0. The molecule has 17 heavy (non-hydrogen) atoms. The van der Waals surface area contributed by atoms with Crippen LogP contribution in [0.2, 0.25) is 0 Å². The second-order valence-corrected chi connectivity index (χ2v) is 3.41. The number of halogens is 3. The van der Waals surface area contributed by atoms with E-state index in [0.29, 0.717) is 19.5 Å². The number of hydrogen-bond acceptors (Lipinski definition) is 4. The SMILES string of the molecule is FC(F)(F)COCCCNCc1cccnn1. The number of nitrogens with zero attached hydrogens (tertiary/aromatic N) is 2. The van der Waals surface area contributed by atoms with Gasteiger partial charge in [-0.3, -0.25) is 0 Å². The lowest BCUT2D eigenvalue weighted by Gasteiger charge is -2.07. The van der Waals surface area contributed by atoms with Gasteiger partial charge in [-0.25, -0.2) is 0 Å². The predicted octanol–water partition coefficient (Wildman–Crippen LogP) is 1.54. The minimum atomic E-state index is -4.24. The average Bonchev–Trinajstić information content (AvgIpc) is 2.28. The Labute approximate surface area is 97.2 Å². The molecule has 0 aliphatic rings. The molecule has 1 rings (SSSR count). The van der Waals surface area contributed by atoms with Gasteiger partial charge in [0.25, 0.3) is 0 Å². The first kappa shape index (κ1) is 13.9. The van der Waals surface area contributed by atoms with Crippen molar-refractivity contribution < 1.29 is 17.9 Å². The van der Waals surface area contributed by atoms with Crippen LogP contribution in [0.4, 0.5) is 13.2 Å². The summed E-state index contributed by atoms with van der Waals surface area (Å²) in [5.41, 5.74) is 0.795. The van der Waals surface area contributed by atoms with E-state index in [1.807, 2.05) is 6.07 Å². The molecular weight excluding hydrogens is 235 g/mol. The molecule has 0 aliphatic carbocycles. The van der Waals surface area contributed by atoms with Gasteiger partial charge in [-0.2, -0.15) is 23.4 Å². The van der Waals surface area contributed by atoms with Gasteiger partial charge in [0.05, 0.1) is 5.69 Å². The fourth-order valence-electron chi connectivity index (χ4n) is 1.13. The van der Waals surface area contributed by atoms with Crippen LogP contribution in [0, 0.1) is 0 Å². The molecule has 0 fully saturated rings. The summed E-state index contributed by atoms with van der Waals surface area (Å²) in [6.07, 6.45) is -2.14.